The van der Waals surface area contributed by atoms with Crippen molar-refractivity contribution < 1.29 is 9.13 Å². The molecule has 0 bridgehead atoms. The zero-order valence-electron chi connectivity index (χ0n) is 24.5. The van der Waals surface area contributed by atoms with Gasteiger partial charge in [-0.1, -0.05) is 44.0 Å². The van der Waals surface area contributed by atoms with Gasteiger partial charge in [0.2, 0.25) is 0 Å². The average Bonchev–Trinajstić information content (AvgIpc) is 3.36. The molecule has 3 atom stereocenters. The fourth-order valence-electron chi connectivity index (χ4n) is 5.66. The standard InChI is InChI=1S/C32H39ClFN7O2/c1-18(2)4-3-5-19-12-25(29(34)26(33)13-19)27-14-21-17-41(32(42)40-30(21)39-27)23-8-6-20(7-9-23)28-16-22(35)15-24(43-28)10-11-38-31(36)37/h6-9,12-14,17-18,22,24,28H,3-5,10-11,15-16,35H2,1-2H3,(H4,36,37,38)(H,39,40,42)/t22?,24-,28+/m0/s1. The second-order valence-corrected chi connectivity index (χ2v) is 12.2. The quantitative estimate of drug-likeness (QED) is 0.141. The number of aliphatic imine (C=N–C) groups is 1. The van der Waals surface area contributed by atoms with E-state index in [1.54, 1.807) is 18.3 Å². The Hall–Kier alpha value is -3.73. The van der Waals surface area contributed by atoms with Gasteiger partial charge in [-0.2, -0.15) is 4.98 Å². The first-order chi connectivity index (χ1) is 20.6. The Morgan fingerprint density at radius 1 is 1.21 bits per heavy atom. The molecule has 43 heavy (non-hydrogen) atoms. The summed E-state index contributed by atoms with van der Waals surface area (Å²) in [6, 6.07) is 12.9. The van der Waals surface area contributed by atoms with Gasteiger partial charge in [-0.3, -0.25) is 9.56 Å². The number of aryl methyl sites for hydroxylation is 1. The largest absolute Gasteiger partial charge is 0.370 e. The van der Waals surface area contributed by atoms with Crippen LogP contribution in [0.5, 0.6) is 0 Å². The average molecular weight is 608 g/mol. The lowest BCUT2D eigenvalue weighted by molar-refractivity contribution is -0.0604. The van der Waals surface area contributed by atoms with Crippen molar-refractivity contribution in [1.29, 1.82) is 0 Å². The van der Waals surface area contributed by atoms with Crippen LogP contribution in [0, 0.1) is 11.7 Å². The van der Waals surface area contributed by atoms with Crippen LogP contribution in [0.25, 0.3) is 28.0 Å². The summed E-state index contributed by atoms with van der Waals surface area (Å²) in [4.78, 5) is 24.4. The minimum atomic E-state index is -0.505. The molecule has 0 spiro atoms. The van der Waals surface area contributed by atoms with Gasteiger partial charge in [0.1, 0.15) is 5.65 Å². The molecule has 0 aliphatic carbocycles. The molecular formula is C32H39ClFN7O2. The minimum absolute atomic E-state index is 0.0000871. The SMILES string of the molecule is CC(C)CCCc1cc(Cl)c(F)c(-c2cc3cn(-c4ccc([C@H]5CC(N)C[C@H](CCN=C(N)N)O5)cc4)c(=O)nc3[nH]2)c1. The Labute approximate surface area is 255 Å². The molecule has 0 radical (unpaired) electrons. The van der Waals surface area contributed by atoms with E-state index in [9.17, 15) is 4.79 Å². The maximum atomic E-state index is 15.1. The fourth-order valence-corrected chi connectivity index (χ4v) is 5.91. The Kier molecular flexibility index (Phi) is 9.49. The number of guanidine groups is 1. The highest BCUT2D eigenvalue weighted by atomic mass is 35.5. The van der Waals surface area contributed by atoms with E-state index < -0.39 is 11.5 Å². The van der Waals surface area contributed by atoms with Gasteiger partial charge in [-0.25, -0.2) is 9.18 Å². The zero-order chi connectivity index (χ0) is 30.7. The minimum Gasteiger partial charge on any atom is -0.370 e. The van der Waals surface area contributed by atoms with Crippen LogP contribution in [0.1, 0.15) is 63.2 Å². The predicted molar refractivity (Wildman–Crippen MR) is 170 cm³/mol. The van der Waals surface area contributed by atoms with Crippen molar-refractivity contribution in [3.05, 3.63) is 81.1 Å². The van der Waals surface area contributed by atoms with Gasteiger partial charge in [0.05, 0.1) is 28.6 Å². The number of H-pyrrole nitrogens is 1. The maximum Gasteiger partial charge on any atom is 0.354 e. The van der Waals surface area contributed by atoms with E-state index in [-0.39, 0.29) is 29.2 Å². The summed E-state index contributed by atoms with van der Waals surface area (Å²) >= 11 is 6.27. The molecule has 9 nitrogen and oxygen atoms in total. The van der Waals surface area contributed by atoms with Gasteiger partial charge in [-0.05, 0) is 79.5 Å². The van der Waals surface area contributed by atoms with Crippen LogP contribution < -0.4 is 22.9 Å². The van der Waals surface area contributed by atoms with E-state index in [1.807, 2.05) is 30.3 Å². The number of benzene rings is 2. The van der Waals surface area contributed by atoms with E-state index in [4.69, 9.17) is 33.5 Å². The molecule has 2 aromatic carbocycles. The number of ether oxygens (including phenoxy) is 1. The summed E-state index contributed by atoms with van der Waals surface area (Å²) < 4.78 is 22.9. The summed E-state index contributed by atoms with van der Waals surface area (Å²) in [6.07, 6.45) is 6.48. The van der Waals surface area contributed by atoms with Gasteiger partial charge in [0.15, 0.2) is 11.8 Å². The number of rotatable bonds is 10. The van der Waals surface area contributed by atoms with E-state index in [0.717, 1.165) is 36.8 Å². The van der Waals surface area contributed by atoms with E-state index in [2.05, 4.69) is 28.8 Å². The highest BCUT2D eigenvalue weighted by molar-refractivity contribution is 6.31. The van der Waals surface area contributed by atoms with E-state index >= 15 is 4.39 Å². The van der Waals surface area contributed by atoms with Crippen LogP contribution in [0.2, 0.25) is 5.02 Å². The molecule has 7 N–H and O–H groups in total. The number of fused-ring (bicyclic) bond motifs is 1. The summed E-state index contributed by atoms with van der Waals surface area (Å²) in [7, 11) is 0. The number of aromatic amines is 1. The van der Waals surface area contributed by atoms with Crippen LogP contribution in [0.15, 0.2) is 58.4 Å². The lowest BCUT2D eigenvalue weighted by atomic mass is 9.93. The predicted octanol–water partition coefficient (Wildman–Crippen LogP) is 5.36. The van der Waals surface area contributed by atoms with Crippen LogP contribution in [-0.2, 0) is 11.2 Å². The van der Waals surface area contributed by atoms with Crippen molar-refractivity contribution >= 4 is 28.6 Å². The molecule has 1 aliphatic rings. The Morgan fingerprint density at radius 3 is 2.70 bits per heavy atom. The molecule has 1 fully saturated rings. The monoisotopic (exact) mass is 607 g/mol. The van der Waals surface area contributed by atoms with Gasteiger partial charge >= 0.3 is 5.69 Å². The number of nitrogens with zero attached hydrogens (tertiary/aromatic N) is 3. The zero-order valence-corrected chi connectivity index (χ0v) is 25.3. The fraction of sp³-hybridized carbons (Fsp3) is 0.406. The van der Waals surface area contributed by atoms with Gasteiger partial charge in [-0.15, -0.1) is 0 Å². The molecule has 4 aromatic rings. The van der Waals surface area contributed by atoms with Gasteiger partial charge in [0, 0.05) is 29.7 Å². The molecule has 2 aromatic heterocycles. The van der Waals surface area contributed by atoms with Crippen molar-refractivity contribution in [3.63, 3.8) is 0 Å². The number of aromatic nitrogens is 3. The van der Waals surface area contributed by atoms with Crippen LogP contribution in [0.4, 0.5) is 4.39 Å². The summed E-state index contributed by atoms with van der Waals surface area (Å²) in [5.74, 6) is 0.151. The molecule has 3 heterocycles. The molecular weight excluding hydrogens is 569 g/mol. The molecule has 0 amide bonds. The molecule has 1 saturated heterocycles. The smallest absolute Gasteiger partial charge is 0.354 e. The highest BCUT2D eigenvalue weighted by Crippen LogP contribution is 2.33. The van der Waals surface area contributed by atoms with Crippen molar-refractivity contribution in [3.8, 4) is 16.9 Å². The summed E-state index contributed by atoms with van der Waals surface area (Å²) in [6.45, 7) is 4.84. The molecule has 5 rings (SSSR count). The normalized spacial score (nSPS) is 18.8. The van der Waals surface area contributed by atoms with Crippen molar-refractivity contribution in [1.82, 2.24) is 14.5 Å². The summed E-state index contributed by atoms with van der Waals surface area (Å²) in [5, 5.41) is 0.746. The van der Waals surface area contributed by atoms with Gasteiger partial charge < -0.3 is 26.9 Å². The molecule has 0 saturated carbocycles. The molecule has 1 unspecified atom stereocenters. The number of nitrogens with two attached hydrogens (primary N) is 3. The third-order valence-corrected chi connectivity index (χ3v) is 8.14. The Bertz CT molecular complexity index is 1660. The lowest BCUT2D eigenvalue weighted by Gasteiger charge is -2.34. The number of nitrogens with one attached hydrogen (secondary N) is 1. The van der Waals surface area contributed by atoms with Gasteiger partial charge in [0.25, 0.3) is 0 Å². The first kappa shape index (κ1) is 30.7. The third-order valence-electron chi connectivity index (χ3n) is 7.86. The first-order valence-corrected chi connectivity index (χ1v) is 15.1. The van der Waals surface area contributed by atoms with Crippen molar-refractivity contribution in [2.45, 2.75) is 70.6 Å². The summed E-state index contributed by atoms with van der Waals surface area (Å²) in [5.41, 5.74) is 20.6. The van der Waals surface area contributed by atoms with Crippen LogP contribution in [-0.4, -0.2) is 39.2 Å². The number of hydrogen-bond donors (Lipinski definition) is 4. The van der Waals surface area contributed by atoms with E-state index in [0.29, 0.717) is 53.3 Å². The lowest BCUT2D eigenvalue weighted by Crippen LogP contribution is -2.37. The van der Waals surface area contributed by atoms with Crippen molar-refractivity contribution in [2.24, 2.45) is 28.1 Å². The Morgan fingerprint density at radius 2 is 1.98 bits per heavy atom. The molecule has 228 valence electrons. The highest BCUT2D eigenvalue weighted by Gasteiger charge is 2.28. The maximum absolute atomic E-state index is 15.1. The number of halogens is 2. The molecule has 1 aliphatic heterocycles. The second kappa shape index (κ2) is 13.3. The molecule has 11 heteroatoms. The topological polar surface area (TPSA) is 150 Å². The van der Waals surface area contributed by atoms with Crippen LogP contribution >= 0.6 is 11.6 Å². The second-order valence-electron chi connectivity index (χ2n) is 11.8. The van der Waals surface area contributed by atoms with Crippen molar-refractivity contribution in [2.75, 3.05) is 6.54 Å². The third kappa shape index (κ3) is 7.44. The van der Waals surface area contributed by atoms with E-state index in [1.165, 1.54) is 4.57 Å². The van der Waals surface area contributed by atoms with Crippen LogP contribution in [0.3, 0.4) is 0 Å². The first-order valence-electron chi connectivity index (χ1n) is 14.7. The number of hydrogen-bond acceptors (Lipinski definition) is 5. The Balaban J connectivity index is 1.37.